The van der Waals surface area contributed by atoms with Crippen molar-refractivity contribution in [3.05, 3.63) is 53.7 Å². The fourth-order valence-corrected chi connectivity index (χ4v) is 2.35. The molecule has 3 aromatic rings. The number of nitrogens with one attached hydrogen (secondary N) is 1. The molecule has 0 atom stereocenters. The quantitative estimate of drug-likeness (QED) is 0.710. The van der Waals surface area contributed by atoms with Gasteiger partial charge in [0.25, 0.3) is 5.91 Å². The molecule has 0 fully saturated rings. The summed E-state index contributed by atoms with van der Waals surface area (Å²) in [4.78, 5) is 12.4. The summed E-state index contributed by atoms with van der Waals surface area (Å²) in [5, 5.41) is 17.3. The Morgan fingerprint density at radius 1 is 1.24 bits per heavy atom. The molecule has 0 unspecified atom stereocenters. The van der Waals surface area contributed by atoms with Crippen LogP contribution >= 0.6 is 0 Å². The summed E-state index contributed by atoms with van der Waals surface area (Å²) in [6.45, 7) is 1.83. The lowest BCUT2D eigenvalue weighted by Crippen LogP contribution is -2.14. The number of phenols is 1. The monoisotopic (exact) mass is 281 g/mol. The average Bonchev–Trinajstić information content (AvgIpc) is 2.80. The number of amides is 1. The number of aromatic nitrogens is 2. The van der Waals surface area contributed by atoms with Crippen LogP contribution in [0.4, 0.5) is 5.69 Å². The number of anilines is 1. The summed E-state index contributed by atoms with van der Waals surface area (Å²) in [6, 6.07) is 12.4. The number of fused-ring (bicyclic) bond motifs is 1. The third kappa shape index (κ3) is 2.33. The highest BCUT2D eigenvalue weighted by atomic mass is 16.3. The van der Waals surface area contributed by atoms with E-state index in [0.29, 0.717) is 11.4 Å². The highest BCUT2D eigenvalue weighted by molar-refractivity contribution is 6.11. The van der Waals surface area contributed by atoms with E-state index in [1.165, 1.54) is 0 Å². The SMILES string of the molecule is Cc1cc(O)ccc1NC(=O)c1nn(C)c2ccccc12. The van der Waals surface area contributed by atoms with Crippen molar-refractivity contribution in [3.63, 3.8) is 0 Å². The number of para-hydroxylation sites is 1. The topological polar surface area (TPSA) is 67.2 Å². The van der Waals surface area contributed by atoms with E-state index in [1.54, 1.807) is 22.9 Å². The van der Waals surface area contributed by atoms with E-state index >= 15 is 0 Å². The van der Waals surface area contributed by atoms with Crippen molar-refractivity contribution >= 4 is 22.5 Å². The first-order valence-corrected chi connectivity index (χ1v) is 6.59. The standard InChI is InChI=1S/C16H15N3O2/c1-10-9-11(20)7-8-13(10)17-16(21)15-12-5-3-4-6-14(12)19(2)18-15/h3-9,20H,1-2H3,(H,17,21). The molecule has 0 saturated carbocycles. The second-order valence-corrected chi connectivity index (χ2v) is 4.94. The van der Waals surface area contributed by atoms with Crippen LogP contribution in [-0.4, -0.2) is 20.8 Å². The molecule has 2 aromatic carbocycles. The van der Waals surface area contributed by atoms with Crippen molar-refractivity contribution in [3.8, 4) is 5.75 Å². The van der Waals surface area contributed by atoms with Gasteiger partial charge in [-0.1, -0.05) is 18.2 Å². The van der Waals surface area contributed by atoms with Gasteiger partial charge in [0, 0.05) is 18.1 Å². The zero-order valence-corrected chi connectivity index (χ0v) is 11.8. The highest BCUT2D eigenvalue weighted by Gasteiger charge is 2.16. The average molecular weight is 281 g/mol. The molecule has 1 aromatic heterocycles. The first-order valence-electron chi connectivity index (χ1n) is 6.59. The fraction of sp³-hybridized carbons (Fsp3) is 0.125. The molecule has 5 nitrogen and oxygen atoms in total. The van der Waals surface area contributed by atoms with Gasteiger partial charge in [0.05, 0.1) is 5.52 Å². The van der Waals surface area contributed by atoms with Gasteiger partial charge in [-0.05, 0) is 36.8 Å². The van der Waals surface area contributed by atoms with Crippen LogP contribution in [-0.2, 0) is 7.05 Å². The Morgan fingerprint density at radius 3 is 2.76 bits per heavy atom. The number of carbonyl (C=O) groups excluding carboxylic acids is 1. The van der Waals surface area contributed by atoms with Crippen molar-refractivity contribution in [2.75, 3.05) is 5.32 Å². The van der Waals surface area contributed by atoms with Crippen LogP contribution in [0.3, 0.4) is 0 Å². The van der Waals surface area contributed by atoms with Gasteiger partial charge in [-0.3, -0.25) is 9.48 Å². The lowest BCUT2D eigenvalue weighted by atomic mass is 10.1. The lowest BCUT2D eigenvalue weighted by molar-refractivity contribution is 0.102. The molecule has 106 valence electrons. The Hall–Kier alpha value is -2.82. The van der Waals surface area contributed by atoms with Crippen molar-refractivity contribution < 1.29 is 9.90 Å². The van der Waals surface area contributed by atoms with E-state index in [2.05, 4.69) is 10.4 Å². The predicted octanol–water partition coefficient (Wildman–Crippen LogP) is 2.84. The van der Waals surface area contributed by atoms with Gasteiger partial charge in [-0.25, -0.2) is 0 Å². The van der Waals surface area contributed by atoms with Crippen molar-refractivity contribution in [1.82, 2.24) is 9.78 Å². The third-order valence-electron chi connectivity index (χ3n) is 3.43. The van der Waals surface area contributed by atoms with Crippen LogP contribution in [0.1, 0.15) is 16.1 Å². The number of carbonyl (C=O) groups is 1. The molecule has 0 saturated heterocycles. The molecule has 21 heavy (non-hydrogen) atoms. The van der Waals surface area contributed by atoms with E-state index in [4.69, 9.17) is 0 Å². The molecule has 0 radical (unpaired) electrons. The first-order chi connectivity index (χ1) is 10.1. The van der Waals surface area contributed by atoms with E-state index in [1.807, 2.05) is 38.2 Å². The molecule has 0 bridgehead atoms. The van der Waals surface area contributed by atoms with Gasteiger partial charge in [-0.15, -0.1) is 0 Å². The Kier molecular flexibility index (Phi) is 3.10. The minimum Gasteiger partial charge on any atom is -0.508 e. The molecule has 2 N–H and O–H groups in total. The highest BCUT2D eigenvalue weighted by Crippen LogP contribution is 2.22. The van der Waals surface area contributed by atoms with Crippen LogP contribution in [0.2, 0.25) is 0 Å². The smallest absolute Gasteiger partial charge is 0.276 e. The maximum absolute atomic E-state index is 12.4. The second-order valence-electron chi connectivity index (χ2n) is 4.94. The molecular formula is C16H15N3O2. The van der Waals surface area contributed by atoms with Gasteiger partial charge in [0.1, 0.15) is 5.75 Å². The first kappa shape index (κ1) is 13.2. The molecule has 0 spiro atoms. The molecular weight excluding hydrogens is 266 g/mol. The summed E-state index contributed by atoms with van der Waals surface area (Å²) >= 11 is 0. The predicted molar refractivity (Wildman–Crippen MR) is 81.5 cm³/mol. The maximum Gasteiger partial charge on any atom is 0.276 e. The van der Waals surface area contributed by atoms with Crippen molar-refractivity contribution in [1.29, 1.82) is 0 Å². The lowest BCUT2D eigenvalue weighted by Gasteiger charge is -2.07. The zero-order chi connectivity index (χ0) is 15.0. The summed E-state index contributed by atoms with van der Waals surface area (Å²) in [6.07, 6.45) is 0. The largest absolute Gasteiger partial charge is 0.508 e. The number of benzene rings is 2. The fourth-order valence-electron chi connectivity index (χ4n) is 2.35. The van der Waals surface area contributed by atoms with Gasteiger partial charge in [0.2, 0.25) is 0 Å². The minimum atomic E-state index is -0.263. The molecule has 1 amide bonds. The molecule has 0 aliphatic heterocycles. The Balaban J connectivity index is 1.98. The van der Waals surface area contributed by atoms with Crippen molar-refractivity contribution in [2.45, 2.75) is 6.92 Å². The Bertz CT molecular complexity index is 837. The number of hydrogen-bond donors (Lipinski definition) is 2. The number of aromatic hydroxyl groups is 1. The van der Waals surface area contributed by atoms with Crippen LogP contribution in [0, 0.1) is 6.92 Å². The molecule has 5 heteroatoms. The van der Waals surface area contributed by atoms with Gasteiger partial charge >= 0.3 is 0 Å². The Labute approximate surface area is 121 Å². The van der Waals surface area contributed by atoms with E-state index in [0.717, 1.165) is 16.5 Å². The minimum absolute atomic E-state index is 0.175. The van der Waals surface area contributed by atoms with Crippen LogP contribution in [0.5, 0.6) is 5.75 Å². The number of phenolic OH excluding ortho intramolecular Hbond substituents is 1. The van der Waals surface area contributed by atoms with Gasteiger partial charge < -0.3 is 10.4 Å². The molecule has 0 aliphatic carbocycles. The molecule has 3 rings (SSSR count). The zero-order valence-electron chi connectivity index (χ0n) is 11.8. The summed E-state index contributed by atoms with van der Waals surface area (Å²) in [5.74, 6) is -0.0885. The van der Waals surface area contributed by atoms with Crippen LogP contribution < -0.4 is 5.32 Å². The summed E-state index contributed by atoms with van der Waals surface area (Å²) < 4.78 is 1.69. The van der Waals surface area contributed by atoms with Gasteiger partial charge in [0.15, 0.2) is 5.69 Å². The van der Waals surface area contributed by atoms with E-state index in [9.17, 15) is 9.90 Å². The summed E-state index contributed by atoms with van der Waals surface area (Å²) in [7, 11) is 1.81. The maximum atomic E-state index is 12.4. The number of rotatable bonds is 2. The van der Waals surface area contributed by atoms with Gasteiger partial charge in [-0.2, -0.15) is 5.10 Å². The normalized spacial score (nSPS) is 10.8. The van der Waals surface area contributed by atoms with Crippen molar-refractivity contribution in [2.24, 2.45) is 7.05 Å². The second kappa shape index (κ2) is 4.94. The molecule has 0 aliphatic rings. The third-order valence-corrected chi connectivity index (χ3v) is 3.43. The van der Waals surface area contributed by atoms with E-state index < -0.39 is 0 Å². The molecule has 1 heterocycles. The number of aryl methyl sites for hydroxylation is 2. The van der Waals surface area contributed by atoms with Crippen LogP contribution in [0.25, 0.3) is 10.9 Å². The number of hydrogen-bond acceptors (Lipinski definition) is 3. The van der Waals surface area contributed by atoms with Crippen LogP contribution in [0.15, 0.2) is 42.5 Å². The van der Waals surface area contributed by atoms with E-state index in [-0.39, 0.29) is 11.7 Å². The summed E-state index contributed by atoms with van der Waals surface area (Å²) in [5.41, 5.74) is 2.75. The number of nitrogens with zero attached hydrogens (tertiary/aromatic N) is 2. The Morgan fingerprint density at radius 2 is 2.00 bits per heavy atom.